The van der Waals surface area contributed by atoms with E-state index in [0.29, 0.717) is 18.4 Å². The third-order valence-corrected chi connectivity index (χ3v) is 4.89. The Hall–Kier alpha value is -4.22. The molecule has 0 spiro atoms. The molecule has 2 rings (SSSR count). The number of nitrogens with zero attached hydrogens (tertiary/aromatic N) is 1. The quantitative estimate of drug-likeness (QED) is 0.0928. The van der Waals surface area contributed by atoms with Gasteiger partial charge in [-0.3, -0.25) is 9.59 Å². The summed E-state index contributed by atoms with van der Waals surface area (Å²) in [5, 5.41) is 10.7. The van der Waals surface area contributed by atoms with Crippen LogP contribution in [-0.2, 0) is 38.2 Å². The van der Waals surface area contributed by atoms with Gasteiger partial charge in [0.2, 0.25) is 0 Å². The molecule has 2 aromatic carbocycles. The molecule has 0 fully saturated rings. The molecule has 1 atom stereocenters. The van der Waals surface area contributed by atoms with E-state index in [1.165, 1.54) is 0 Å². The van der Waals surface area contributed by atoms with Gasteiger partial charge in [0.15, 0.2) is 13.2 Å². The molecule has 12 heteroatoms. The molecular weight excluding hydrogens is 478 g/mol. The summed E-state index contributed by atoms with van der Waals surface area (Å²) in [6, 6.07) is 10.2. The minimum Gasteiger partial charge on any atom is -0.463 e. The molecule has 0 amide bonds. The summed E-state index contributed by atoms with van der Waals surface area (Å²) in [7, 11) is 0. The second kappa shape index (κ2) is 14.2. The van der Waals surface area contributed by atoms with Gasteiger partial charge in [0.1, 0.15) is 5.75 Å². The van der Waals surface area contributed by atoms with Crippen LogP contribution in [0.3, 0.4) is 0 Å². The monoisotopic (exact) mass is 505 g/mol. The van der Waals surface area contributed by atoms with Gasteiger partial charge in [-0.15, -0.1) is 10.1 Å². The number of unbranched alkanes of at least 4 members (excludes halogenated alkanes) is 1. The van der Waals surface area contributed by atoms with E-state index in [-0.39, 0.29) is 25.4 Å². The molecule has 1 unspecified atom stereocenters. The Labute approximate surface area is 206 Å². The maximum atomic E-state index is 12.4. The van der Waals surface area contributed by atoms with Crippen LogP contribution in [0.2, 0.25) is 0 Å². The van der Waals surface area contributed by atoms with Crippen LogP contribution in [0.25, 0.3) is 10.8 Å². The van der Waals surface area contributed by atoms with Crippen LogP contribution in [-0.4, -0.2) is 55.4 Å². The molecule has 0 aliphatic carbocycles. The number of rotatable bonds is 14. The zero-order valence-corrected chi connectivity index (χ0v) is 19.9. The van der Waals surface area contributed by atoms with Crippen molar-refractivity contribution in [1.29, 1.82) is 0 Å². The first-order valence-corrected chi connectivity index (χ1v) is 11.2. The Kier molecular flexibility index (Phi) is 11.1. The lowest BCUT2D eigenvalue weighted by Crippen LogP contribution is -2.20. The Morgan fingerprint density at radius 1 is 0.861 bits per heavy atom. The van der Waals surface area contributed by atoms with E-state index in [2.05, 4.69) is 4.84 Å². The van der Waals surface area contributed by atoms with Gasteiger partial charge in [-0.1, -0.05) is 31.2 Å². The number of benzene rings is 2. The second-order valence-electron chi connectivity index (χ2n) is 7.57. The number of carbonyl (C=O) groups is 4. The zero-order chi connectivity index (χ0) is 26.5. The maximum absolute atomic E-state index is 12.4. The van der Waals surface area contributed by atoms with Crippen LogP contribution < -0.4 is 4.74 Å². The molecule has 0 aromatic heterocycles. The molecule has 0 bridgehead atoms. The van der Waals surface area contributed by atoms with E-state index in [0.717, 1.165) is 10.8 Å². The normalized spacial score (nSPS) is 11.3. The highest BCUT2D eigenvalue weighted by Crippen LogP contribution is 2.26. The highest BCUT2D eigenvalue weighted by atomic mass is 16.9. The predicted octanol–water partition coefficient (Wildman–Crippen LogP) is 2.88. The summed E-state index contributed by atoms with van der Waals surface area (Å²) in [6.45, 7) is 2.16. The maximum Gasteiger partial charge on any atom is 0.349 e. The molecular formula is C24H27NO11. The van der Waals surface area contributed by atoms with Crippen molar-refractivity contribution < 1.29 is 48.0 Å². The van der Waals surface area contributed by atoms with Crippen LogP contribution in [0.15, 0.2) is 36.4 Å². The average Bonchev–Trinajstić information content (AvgIpc) is 2.86. The van der Waals surface area contributed by atoms with Crippen LogP contribution in [0, 0.1) is 10.1 Å². The fourth-order valence-electron chi connectivity index (χ4n) is 2.94. The summed E-state index contributed by atoms with van der Waals surface area (Å²) < 4.78 is 19.9. The number of hydrogen-bond acceptors (Lipinski definition) is 11. The first-order valence-electron chi connectivity index (χ1n) is 11.2. The van der Waals surface area contributed by atoms with Gasteiger partial charge in [-0.05, 0) is 48.2 Å². The number of carbonyl (C=O) groups excluding carboxylic acids is 4. The first kappa shape index (κ1) is 28.0. The van der Waals surface area contributed by atoms with Crippen LogP contribution in [0.5, 0.6) is 5.75 Å². The van der Waals surface area contributed by atoms with Crippen molar-refractivity contribution in [1.82, 2.24) is 0 Å². The zero-order valence-electron chi connectivity index (χ0n) is 19.9. The Bertz CT molecular complexity index is 1100. The molecule has 0 radical (unpaired) electrons. The molecule has 0 heterocycles. The molecule has 12 nitrogen and oxygen atoms in total. The van der Waals surface area contributed by atoms with Gasteiger partial charge < -0.3 is 23.8 Å². The summed E-state index contributed by atoms with van der Waals surface area (Å²) in [6.07, 6.45) is 0.868. The number of ether oxygens (including phenoxy) is 4. The van der Waals surface area contributed by atoms with Crippen LogP contribution in [0.1, 0.15) is 44.6 Å². The van der Waals surface area contributed by atoms with Crippen molar-refractivity contribution >= 4 is 34.6 Å². The van der Waals surface area contributed by atoms with Crippen molar-refractivity contribution in [2.45, 2.75) is 39.0 Å². The molecule has 2 aromatic rings. The van der Waals surface area contributed by atoms with Gasteiger partial charge in [-0.25, -0.2) is 9.59 Å². The number of esters is 4. The molecule has 0 saturated heterocycles. The lowest BCUT2D eigenvalue weighted by Gasteiger charge is -2.13. The van der Waals surface area contributed by atoms with E-state index in [9.17, 15) is 29.3 Å². The molecule has 0 saturated carbocycles. The Morgan fingerprint density at radius 2 is 1.53 bits per heavy atom. The third-order valence-electron chi connectivity index (χ3n) is 4.89. The van der Waals surface area contributed by atoms with E-state index in [1.54, 1.807) is 50.2 Å². The highest BCUT2D eigenvalue weighted by Gasteiger charge is 2.19. The van der Waals surface area contributed by atoms with Crippen molar-refractivity contribution in [3.63, 3.8) is 0 Å². The first-order chi connectivity index (χ1) is 17.2. The van der Waals surface area contributed by atoms with E-state index >= 15 is 0 Å². The van der Waals surface area contributed by atoms with Crippen LogP contribution in [0.4, 0.5) is 0 Å². The fraction of sp³-hybridized carbons (Fsp3) is 0.417. The number of fused-ring (bicyclic) bond motifs is 1. The van der Waals surface area contributed by atoms with E-state index in [4.69, 9.17) is 18.9 Å². The summed E-state index contributed by atoms with van der Waals surface area (Å²) in [4.78, 5) is 61.2. The number of hydrogen-bond donors (Lipinski definition) is 0. The topological polar surface area (TPSA) is 158 Å². The van der Waals surface area contributed by atoms with Crippen molar-refractivity contribution in [3.8, 4) is 5.75 Å². The molecule has 194 valence electrons. The Balaban J connectivity index is 1.83. The molecule has 0 aliphatic rings. The molecule has 36 heavy (non-hydrogen) atoms. The van der Waals surface area contributed by atoms with E-state index in [1.807, 2.05) is 0 Å². The minimum atomic E-state index is -0.896. The van der Waals surface area contributed by atoms with Gasteiger partial charge in [0, 0.05) is 6.42 Å². The standard InChI is InChI=1S/C24H27NO11/c1-3-21(26)33-15-23(28)36-20-9-8-18-12-17(6-7-19(18)13-20)16(2)24(29)34-14-22(27)32-10-4-5-11-35-25(30)31/h6-9,12-13,16H,3-5,10-11,14-15H2,1-2H3. The lowest BCUT2D eigenvalue weighted by atomic mass is 9.98. The third kappa shape index (κ3) is 9.57. The van der Waals surface area contributed by atoms with Gasteiger partial charge in [0.25, 0.3) is 5.09 Å². The van der Waals surface area contributed by atoms with Gasteiger partial charge in [0.05, 0.1) is 19.1 Å². The fourth-order valence-corrected chi connectivity index (χ4v) is 2.94. The van der Waals surface area contributed by atoms with Gasteiger partial charge >= 0.3 is 23.9 Å². The largest absolute Gasteiger partial charge is 0.463 e. The Morgan fingerprint density at radius 3 is 2.25 bits per heavy atom. The summed E-state index contributed by atoms with van der Waals surface area (Å²) in [5.41, 5.74) is 0.655. The molecule has 0 N–H and O–H groups in total. The minimum absolute atomic E-state index is 0.0267. The van der Waals surface area contributed by atoms with Crippen molar-refractivity contribution in [2.24, 2.45) is 0 Å². The lowest BCUT2D eigenvalue weighted by molar-refractivity contribution is -0.757. The average molecular weight is 505 g/mol. The summed E-state index contributed by atoms with van der Waals surface area (Å²) >= 11 is 0. The van der Waals surface area contributed by atoms with E-state index < -0.39 is 48.1 Å². The molecule has 0 aliphatic heterocycles. The SMILES string of the molecule is CCC(=O)OCC(=O)Oc1ccc2cc(C(C)C(=O)OCC(=O)OCCCCO[N+](=O)[O-])ccc2c1. The predicted molar refractivity (Wildman–Crippen MR) is 123 cm³/mol. The smallest absolute Gasteiger partial charge is 0.349 e. The van der Waals surface area contributed by atoms with Crippen molar-refractivity contribution in [3.05, 3.63) is 52.1 Å². The van der Waals surface area contributed by atoms with Crippen LogP contribution >= 0.6 is 0 Å². The summed E-state index contributed by atoms with van der Waals surface area (Å²) in [5.74, 6) is -2.92. The van der Waals surface area contributed by atoms with Gasteiger partial charge in [-0.2, -0.15) is 0 Å². The second-order valence-corrected chi connectivity index (χ2v) is 7.57. The van der Waals surface area contributed by atoms with Crippen molar-refractivity contribution in [2.75, 3.05) is 26.4 Å². The highest BCUT2D eigenvalue weighted by molar-refractivity contribution is 5.88.